The number of piperidine rings is 1. The minimum atomic E-state index is -0.552. The quantitative estimate of drug-likeness (QED) is 0.351. The molecule has 0 spiro atoms. The number of ether oxygens (including phenoxy) is 1. The molecular weight excluding hydrogens is 446 g/mol. The van der Waals surface area contributed by atoms with Gasteiger partial charge in [0.25, 0.3) is 0 Å². The SMILES string of the molecule is COc1cccc(-c2cnc(-c3ccncc3)nc2C2CCN(Cc3ccc(F)cc3F)CC2)c1. The van der Waals surface area contributed by atoms with Crippen LogP contribution in [0.1, 0.15) is 30.0 Å². The fraction of sp³-hybridized carbons (Fsp3) is 0.250. The number of benzene rings is 2. The van der Waals surface area contributed by atoms with Crippen LogP contribution in [0.15, 0.2) is 73.2 Å². The molecule has 0 radical (unpaired) electrons. The minimum Gasteiger partial charge on any atom is -0.497 e. The second-order valence-corrected chi connectivity index (χ2v) is 8.75. The molecule has 35 heavy (non-hydrogen) atoms. The maximum absolute atomic E-state index is 14.2. The highest BCUT2D eigenvalue weighted by molar-refractivity contribution is 5.69. The van der Waals surface area contributed by atoms with Crippen molar-refractivity contribution in [3.63, 3.8) is 0 Å². The van der Waals surface area contributed by atoms with Crippen molar-refractivity contribution in [1.82, 2.24) is 19.9 Å². The minimum absolute atomic E-state index is 0.231. The first-order chi connectivity index (χ1) is 17.1. The number of rotatable bonds is 6. The first-order valence-electron chi connectivity index (χ1n) is 11.7. The van der Waals surface area contributed by atoms with E-state index < -0.39 is 11.6 Å². The predicted octanol–water partition coefficient (Wildman–Crippen LogP) is 5.87. The van der Waals surface area contributed by atoms with Gasteiger partial charge in [-0.05, 0) is 61.8 Å². The molecule has 3 heterocycles. The van der Waals surface area contributed by atoms with Crippen molar-refractivity contribution in [1.29, 1.82) is 0 Å². The molecule has 5 nitrogen and oxygen atoms in total. The summed E-state index contributed by atoms with van der Waals surface area (Å²) >= 11 is 0. The molecule has 1 aliphatic rings. The molecule has 2 aromatic heterocycles. The molecule has 5 rings (SSSR count). The van der Waals surface area contributed by atoms with Gasteiger partial charge in [-0.15, -0.1) is 0 Å². The summed E-state index contributed by atoms with van der Waals surface area (Å²) in [6.07, 6.45) is 7.13. The molecular formula is C28H26F2N4O. The Balaban J connectivity index is 1.42. The van der Waals surface area contributed by atoms with Crippen molar-refractivity contribution in [2.24, 2.45) is 0 Å². The molecule has 7 heteroatoms. The zero-order chi connectivity index (χ0) is 24.2. The third kappa shape index (κ3) is 5.20. The summed E-state index contributed by atoms with van der Waals surface area (Å²) in [5.74, 6) is 0.635. The summed E-state index contributed by atoms with van der Waals surface area (Å²) in [7, 11) is 1.66. The topological polar surface area (TPSA) is 51.1 Å². The van der Waals surface area contributed by atoms with Crippen LogP contribution in [0.4, 0.5) is 8.78 Å². The summed E-state index contributed by atoms with van der Waals surface area (Å²) in [5, 5.41) is 0. The maximum Gasteiger partial charge on any atom is 0.159 e. The third-order valence-corrected chi connectivity index (χ3v) is 6.52. The number of likely N-dealkylation sites (tertiary alicyclic amines) is 1. The standard InChI is InChI=1S/C28H26F2N4O/c1-35-24-4-2-3-21(15-24)25-17-32-28(20-7-11-31-12-8-20)33-27(25)19-9-13-34(14-10-19)18-22-5-6-23(29)16-26(22)30/h2-8,11-12,15-17,19H,9-10,13-14,18H2,1H3. The van der Waals surface area contributed by atoms with Gasteiger partial charge in [0, 0.05) is 53.8 Å². The summed E-state index contributed by atoms with van der Waals surface area (Å²) in [4.78, 5) is 16.0. The van der Waals surface area contributed by atoms with Gasteiger partial charge in [-0.2, -0.15) is 0 Å². The van der Waals surface area contributed by atoms with Crippen molar-refractivity contribution in [2.45, 2.75) is 25.3 Å². The molecule has 0 saturated carbocycles. The van der Waals surface area contributed by atoms with Gasteiger partial charge in [-0.3, -0.25) is 9.88 Å². The van der Waals surface area contributed by atoms with Crippen LogP contribution in [0.5, 0.6) is 5.75 Å². The van der Waals surface area contributed by atoms with Crippen LogP contribution < -0.4 is 4.74 Å². The van der Waals surface area contributed by atoms with Crippen molar-refractivity contribution < 1.29 is 13.5 Å². The lowest BCUT2D eigenvalue weighted by Gasteiger charge is -2.32. The van der Waals surface area contributed by atoms with E-state index in [9.17, 15) is 8.78 Å². The van der Waals surface area contributed by atoms with E-state index in [0.29, 0.717) is 17.9 Å². The van der Waals surface area contributed by atoms with Gasteiger partial charge in [-0.1, -0.05) is 18.2 Å². The summed E-state index contributed by atoms with van der Waals surface area (Å²) in [5.41, 5.74) is 4.44. The zero-order valence-corrected chi connectivity index (χ0v) is 19.5. The van der Waals surface area contributed by atoms with E-state index in [0.717, 1.165) is 60.1 Å². The highest BCUT2D eigenvalue weighted by Gasteiger charge is 2.26. The second-order valence-electron chi connectivity index (χ2n) is 8.75. The normalized spacial score (nSPS) is 14.7. The Morgan fingerprint density at radius 2 is 1.77 bits per heavy atom. The van der Waals surface area contributed by atoms with Crippen LogP contribution in [0.3, 0.4) is 0 Å². The average Bonchev–Trinajstić information content (AvgIpc) is 2.91. The fourth-order valence-corrected chi connectivity index (χ4v) is 4.61. The average molecular weight is 473 g/mol. The number of methoxy groups -OCH3 is 1. The van der Waals surface area contributed by atoms with Crippen LogP contribution in [0, 0.1) is 11.6 Å². The Kier molecular flexibility index (Phi) is 6.77. The van der Waals surface area contributed by atoms with Gasteiger partial charge in [0.2, 0.25) is 0 Å². The number of halogens is 2. The lowest BCUT2D eigenvalue weighted by Crippen LogP contribution is -2.33. The van der Waals surface area contributed by atoms with Gasteiger partial charge in [0.15, 0.2) is 5.82 Å². The van der Waals surface area contributed by atoms with Crippen molar-refractivity contribution in [3.8, 4) is 28.3 Å². The molecule has 1 saturated heterocycles. The van der Waals surface area contributed by atoms with Crippen LogP contribution >= 0.6 is 0 Å². The fourth-order valence-electron chi connectivity index (χ4n) is 4.61. The van der Waals surface area contributed by atoms with Crippen molar-refractivity contribution >= 4 is 0 Å². The Labute approximate surface area is 203 Å². The number of aromatic nitrogens is 3. The number of pyridine rings is 1. The van der Waals surface area contributed by atoms with E-state index in [1.54, 1.807) is 19.5 Å². The van der Waals surface area contributed by atoms with Gasteiger partial charge in [-0.25, -0.2) is 18.7 Å². The highest BCUT2D eigenvalue weighted by Crippen LogP contribution is 2.36. The van der Waals surface area contributed by atoms with Crippen LogP contribution in [0.25, 0.3) is 22.5 Å². The molecule has 0 aliphatic carbocycles. The van der Waals surface area contributed by atoms with E-state index in [1.807, 2.05) is 42.6 Å². The monoisotopic (exact) mass is 472 g/mol. The summed E-state index contributed by atoms with van der Waals surface area (Å²) < 4.78 is 32.9. The molecule has 2 aromatic carbocycles. The zero-order valence-electron chi connectivity index (χ0n) is 19.5. The molecule has 0 atom stereocenters. The molecule has 0 bridgehead atoms. The predicted molar refractivity (Wildman–Crippen MR) is 131 cm³/mol. The first-order valence-corrected chi connectivity index (χ1v) is 11.7. The van der Waals surface area contributed by atoms with Gasteiger partial charge >= 0.3 is 0 Å². The Bertz CT molecular complexity index is 1310. The number of nitrogens with zero attached hydrogens (tertiary/aromatic N) is 4. The van der Waals surface area contributed by atoms with Gasteiger partial charge < -0.3 is 4.74 Å². The summed E-state index contributed by atoms with van der Waals surface area (Å²) in [6.45, 7) is 2.06. The molecule has 1 fully saturated rings. The molecule has 178 valence electrons. The van der Waals surface area contributed by atoms with E-state index in [-0.39, 0.29) is 5.92 Å². The maximum atomic E-state index is 14.2. The van der Waals surface area contributed by atoms with E-state index in [1.165, 1.54) is 12.1 Å². The lowest BCUT2D eigenvalue weighted by atomic mass is 9.88. The number of hydrogen-bond donors (Lipinski definition) is 0. The highest BCUT2D eigenvalue weighted by atomic mass is 19.1. The molecule has 4 aromatic rings. The smallest absolute Gasteiger partial charge is 0.159 e. The molecule has 0 unspecified atom stereocenters. The van der Waals surface area contributed by atoms with Crippen LogP contribution in [0.2, 0.25) is 0 Å². The number of hydrogen-bond acceptors (Lipinski definition) is 5. The van der Waals surface area contributed by atoms with E-state index >= 15 is 0 Å². The van der Waals surface area contributed by atoms with Crippen molar-refractivity contribution in [2.75, 3.05) is 20.2 Å². The first kappa shape index (κ1) is 23.1. The Morgan fingerprint density at radius 3 is 2.51 bits per heavy atom. The molecule has 1 aliphatic heterocycles. The van der Waals surface area contributed by atoms with Crippen molar-refractivity contribution in [3.05, 3.63) is 96.1 Å². The Morgan fingerprint density at radius 1 is 0.971 bits per heavy atom. The van der Waals surface area contributed by atoms with Gasteiger partial charge in [0.05, 0.1) is 12.8 Å². The molecule has 0 amide bonds. The second kappa shape index (κ2) is 10.3. The largest absolute Gasteiger partial charge is 0.497 e. The van der Waals surface area contributed by atoms with Crippen LogP contribution in [-0.2, 0) is 6.54 Å². The van der Waals surface area contributed by atoms with Crippen LogP contribution in [-0.4, -0.2) is 40.1 Å². The third-order valence-electron chi connectivity index (χ3n) is 6.52. The Hall–Kier alpha value is -3.71. The lowest BCUT2D eigenvalue weighted by molar-refractivity contribution is 0.201. The van der Waals surface area contributed by atoms with Gasteiger partial charge in [0.1, 0.15) is 17.4 Å². The van der Waals surface area contributed by atoms with E-state index in [2.05, 4.69) is 14.9 Å². The van der Waals surface area contributed by atoms with E-state index in [4.69, 9.17) is 9.72 Å². The summed E-state index contributed by atoms with van der Waals surface area (Å²) in [6, 6.07) is 15.5. The molecule has 0 N–H and O–H groups in total.